The van der Waals surface area contributed by atoms with E-state index in [1.165, 1.54) is 7.11 Å². The van der Waals surface area contributed by atoms with Crippen LogP contribution in [0.3, 0.4) is 0 Å². The molecule has 3 rings (SSSR count). The molecule has 8 heteroatoms. The normalized spacial score (nSPS) is 10.3. The van der Waals surface area contributed by atoms with Crippen molar-refractivity contribution in [2.45, 2.75) is 4.43 Å². The highest BCUT2D eigenvalue weighted by molar-refractivity contribution is 14.1. The number of hydrogen-bond donors (Lipinski definition) is 3. The molecule has 33 heavy (non-hydrogen) atoms. The summed E-state index contributed by atoms with van der Waals surface area (Å²) in [7, 11) is 5.08. The standard InChI is InChI=1S/C25H25IN4O3/c1-30(2)23(27)17-9-11-18(12-10-17)24(31)29-22-20(13-16(15-26)14-21(22)33-3)25(32)28-19-7-5-4-6-8-19/h4-14,27H,15H2,1-3H3,(H,28,32)(H,29,31). The quantitative estimate of drug-likeness (QED) is 0.165. The molecule has 2 amide bonds. The lowest BCUT2D eigenvalue weighted by molar-refractivity contribution is 0.102. The van der Waals surface area contributed by atoms with Crippen LogP contribution in [-0.4, -0.2) is 43.8 Å². The van der Waals surface area contributed by atoms with Gasteiger partial charge >= 0.3 is 0 Å². The first-order valence-corrected chi connectivity index (χ1v) is 11.7. The molecule has 0 aliphatic rings. The second kappa shape index (κ2) is 11.0. The summed E-state index contributed by atoms with van der Waals surface area (Å²) in [5.74, 6) is 0.0168. The van der Waals surface area contributed by atoms with Crippen molar-refractivity contribution in [1.82, 2.24) is 4.90 Å². The summed E-state index contributed by atoms with van der Waals surface area (Å²) in [5.41, 5.74) is 3.26. The Hall–Kier alpha value is -3.40. The van der Waals surface area contributed by atoms with E-state index in [-0.39, 0.29) is 11.8 Å². The number of alkyl halides is 1. The summed E-state index contributed by atoms with van der Waals surface area (Å²) in [6.45, 7) is 0. The average Bonchev–Trinajstić information content (AvgIpc) is 2.84. The topological polar surface area (TPSA) is 94.5 Å². The van der Waals surface area contributed by atoms with E-state index in [1.807, 2.05) is 24.3 Å². The summed E-state index contributed by atoms with van der Waals surface area (Å²) < 4.78 is 6.18. The minimum absolute atomic E-state index is 0.301. The molecule has 7 nitrogen and oxygen atoms in total. The average molecular weight is 556 g/mol. The predicted molar refractivity (Wildman–Crippen MR) is 140 cm³/mol. The predicted octanol–water partition coefficient (Wildman–Crippen LogP) is 5.02. The van der Waals surface area contributed by atoms with E-state index in [4.69, 9.17) is 10.1 Å². The number of ether oxygens (including phenoxy) is 1. The van der Waals surface area contributed by atoms with E-state index < -0.39 is 0 Å². The van der Waals surface area contributed by atoms with E-state index in [0.717, 1.165) is 5.56 Å². The zero-order chi connectivity index (χ0) is 24.0. The first kappa shape index (κ1) is 24.2. The van der Waals surface area contributed by atoms with Gasteiger partial charge < -0.3 is 20.3 Å². The van der Waals surface area contributed by atoms with Gasteiger partial charge in [-0.2, -0.15) is 0 Å². The van der Waals surface area contributed by atoms with Crippen molar-refractivity contribution in [2.24, 2.45) is 0 Å². The Balaban J connectivity index is 1.93. The minimum Gasteiger partial charge on any atom is -0.495 e. The van der Waals surface area contributed by atoms with E-state index in [1.54, 1.807) is 61.5 Å². The highest BCUT2D eigenvalue weighted by atomic mass is 127. The van der Waals surface area contributed by atoms with Crippen molar-refractivity contribution in [3.63, 3.8) is 0 Å². The number of nitrogens with one attached hydrogen (secondary N) is 3. The molecule has 0 unspecified atom stereocenters. The van der Waals surface area contributed by atoms with Gasteiger partial charge in [0.1, 0.15) is 11.6 Å². The van der Waals surface area contributed by atoms with E-state index in [9.17, 15) is 9.59 Å². The SMILES string of the molecule is COc1cc(CI)cc(C(=O)Nc2ccccc2)c1NC(=O)c1ccc(C(=N)N(C)C)cc1. The Labute approximate surface area is 206 Å². The maximum absolute atomic E-state index is 13.1. The summed E-state index contributed by atoms with van der Waals surface area (Å²) >= 11 is 2.21. The van der Waals surface area contributed by atoms with Crippen LogP contribution in [0.25, 0.3) is 0 Å². The van der Waals surface area contributed by atoms with E-state index in [0.29, 0.717) is 44.1 Å². The number of rotatable bonds is 7. The van der Waals surface area contributed by atoms with Crippen LogP contribution in [0.15, 0.2) is 66.7 Å². The van der Waals surface area contributed by atoms with Gasteiger partial charge in [-0.05, 0) is 42.0 Å². The van der Waals surface area contributed by atoms with Crippen LogP contribution < -0.4 is 15.4 Å². The molecule has 0 spiro atoms. The van der Waals surface area contributed by atoms with Gasteiger partial charge in [0.2, 0.25) is 0 Å². The van der Waals surface area contributed by atoms with Gasteiger partial charge in [0.15, 0.2) is 0 Å². The number of anilines is 2. The Bertz CT molecular complexity index is 1160. The molecule has 170 valence electrons. The maximum atomic E-state index is 13.1. The maximum Gasteiger partial charge on any atom is 0.257 e. The number of benzene rings is 3. The molecule has 0 aliphatic heterocycles. The van der Waals surface area contributed by atoms with Gasteiger partial charge in [-0.3, -0.25) is 15.0 Å². The Morgan fingerprint density at radius 1 is 0.939 bits per heavy atom. The molecule has 0 bridgehead atoms. The summed E-state index contributed by atoms with van der Waals surface area (Å²) in [6, 6.07) is 19.4. The van der Waals surface area contributed by atoms with Gasteiger partial charge in [-0.1, -0.05) is 52.9 Å². The van der Waals surface area contributed by atoms with Gasteiger partial charge in [0.25, 0.3) is 11.8 Å². The molecule has 3 aromatic rings. The number of hydrogen-bond acceptors (Lipinski definition) is 4. The number of amides is 2. The van der Waals surface area contributed by atoms with E-state index >= 15 is 0 Å². The summed E-state index contributed by atoms with van der Waals surface area (Å²) in [4.78, 5) is 27.8. The smallest absolute Gasteiger partial charge is 0.257 e. The molecule has 0 aliphatic carbocycles. The van der Waals surface area contributed by atoms with Crippen molar-refractivity contribution in [1.29, 1.82) is 5.41 Å². The fourth-order valence-electron chi connectivity index (χ4n) is 3.16. The minimum atomic E-state index is -0.382. The third-order valence-corrected chi connectivity index (χ3v) is 5.80. The number of methoxy groups -OCH3 is 1. The lowest BCUT2D eigenvalue weighted by Crippen LogP contribution is -2.22. The molecule has 0 saturated heterocycles. The summed E-state index contributed by atoms with van der Waals surface area (Å²) in [6.07, 6.45) is 0. The van der Waals surface area contributed by atoms with Crippen molar-refractivity contribution in [2.75, 3.05) is 31.8 Å². The Morgan fingerprint density at radius 3 is 2.15 bits per heavy atom. The lowest BCUT2D eigenvalue weighted by atomic mass is 10.1. The van der Waals surface area contributed by atoms with Crippen molar-refractivity contribution in [3.8, 4) is 5.75 Å². The number of nitrogens with zero attached hydrogens (tertiary/aromatic N) is 1. The lowest BCUT2D eigenvalue weighted by Gasteiger charge is -2.17. The van der Waals surface area contributed by atoms with Crippen LogP contribution in [0, 0.1) is 5.41 Å². The van der Waals surface area contributed by atoms with Crippen LogP contribution in [-0.2, 0) is 4.43 Å². The summed E-state index contributed by atoms with van der Waals surface area (Å²) in [5, 5.41) is 13.8. The highest BCUT2D eigenvalue weighted by Crippen LogP contribution is 2.32. The van der Waals surface area contributed by atoms with Gasteiger partial charge in [-0.15, -0.1) is 0 Å². The van der Waals surface area contributed by atoms with Crippen molar-refractivity contribution < 1.29 is 14.3 Å². The van der Waals surface area contributed by atoms with Crippen LogP contribution in [0.5, 0.6) is 5.75 Å². The molecular formula is C25H25IN4O3. The van der Waals surface area contributed by atoms with E-state index in [2.05, 4.69) is 33.2 Å². The second-order valence-corrected chi connectivity index (χ2v) is 8.21. The van der Waals surface area contributed by atoms with Gasteiger partial charge in [0.05, 0.1) is 18.4 Å². The molecule has 0 atom stereocenters. The van der Waals surface area contributed by atoms with Gasteiger partial charge in [-0.25, -0.2) is 0 Å². The van der Waals surface area contributed by atoms with Crippen LogP contribution in [0.2, 0.25) is 0 Å². The van der Waals surface area contributed by atoms with Crippen LogP contribution in [0.1, 0.15) is 31.8 Å². The van der Waals surface area contributed by atoms with Crippen molar-refractivity contribution in [3.05, 3.63) is 89.0 Å². The molecule has 0 saturated carbocycles. The number of amidine groups is 1. The number of carbonyl (C=O) groups is 2. The third-order valence-electron chi connectivity index (χ3n) is 4.92. The third kappa shape index (κ3) is 5.89. The number of halogens is 1. The molecule has 3 N–H and O–H groups in total. The molecule has 0 radical (unpaired) electrons. The molecule has 0 fully saturated rings. The molecule has 0 heterocycles. The molecule has 0 aromatic heterocycles. The zero-order valence-corrected chi connectivity index (χ0v) is 20.8. The fraction of sp³-hybridized carbons (Fsp3) is 0.160. The monoisotopic (exact) mass is 556 g/mol. The van der Waals surface area contributed by atoms with Crippen LogP contribution in [0.4, 0.5) is 11.4 Å². The largest absolute Gasteiger partial charge is 0.495 e. The zero-order valence-electron chi connectivity index (χ0n) is 18.6. The first-order valence-electron chi connectivity index (χ1n) is 10.1. The van der Waals surface area contributed by atoms with Gasteiger partial charge in [0, 0.05) is 35.3 Å². The number of para-hydroxylation sites is 1. The Kier molecular flexibility index (Phi) is 8.05. The second-order valence-electron chi connectivity index (χ2n) is 7.45. The van der Waals surface area contributed by atoms with Crippen LogP contribution >= 0.6 is 22.6 Å². The van der Waals surface area contributed by atoms with Crippen molar-refractivity contribution >= 4 is 51.6 Å². The fourth-order valence-corrected chi connectivity index (χ4v) is 3.60. The first-order chi connectivity index (χ1) is 15.8. The highest BCUT2D eigenvalue weighted by Gasteiger charge is 2.21. The molecular weight excluding hydrogens is 531 g/mol. The molecule has 3 aromatic carbocycles. The number of carbonyl (C=O) groups excluding carboxylic acids is 2. The Morgan fingerprint density at radius 2 is 1.58 bits per heavy atom.